The molecule has 3 nitrogen and oxygen atoms in total. The maximum atomic E-state index is 10.5. The lowest BCUT2D eigenvalue weighted by Crippen LogP contribution is -2.25. The highest BCUT2D eigenvalue weighted by molar-refractivity contribution is 7.10. The highest BCUT2D eigenvalue weighted by Gasteiger charge is 2.39. The van der Waals surface area contributed by atoms with Gasteiger partial charge in [-0.05, 0) is 29.9 Å². The van der Waals surface area contributed by atoms with Crippen molar-refractivity contribution in [3.63, 3.8) is 0 Å². The van der Waals surface area contributed by atoms with Crippen LogP contribution in [0.25, 0.3) is 0 Å². The molecule has 0 fully saturated rings. The van der Waals surface area contributed by atoms with Crippen molar-refractivity contribution in [1.82, 2.24) is 0 Å². The third-order valence-electron chi connectivity index (χ3n) is 2.46. The molecule has 0 spiro atoms. The Hall–Kier alpha value is -0.870. The summed E-state index contributed by atoms with van der Waals surface area (Å²) < 4.78 is 0. The SMILES string of the molecule is O=C(O)CC1(O)CCc2sccc21. The van der Waals surface area contributed by atoms with Crippen molar-refractivity contribution in [2.75, 3.05) is 0 Å². The van der Waals surface area contributed by atoms with Crippen molar-refractivity contribution >= 4 is 17.3 Å². The summed E-state index contributed by atoms with van der Waals surface area (Å²) >= 11 is 1.59. The van der Waals surface area contributed by atoms with E-state index in [0.717, 1.165) is 16.9 Å². The first-order valence-electron chi connectivity index (χ1n) is 4.13. The van der Waals surface area contributed by atoms with Crippen LogP contribution in [0.2, 0.25) is 0 Å². The molecule has 1 aliphatic carbocycles. The van der Waals surface area contributed by atoms with Crippen molar-refractivity contribution < 1.29 is 15.0 Å². The number of aliphatic hydroxyl groups is 1. The van der Waals surface area contributed by atoms with Gasteiger partial charge in [0.25, 0.3) is 0 Å². The van der Waals surface area contributed by atoms with Crippen LogP contribution in [-0.4, -0.2) is 16.2 Å². The summed E-state index contributed by atoms with van der Waals surface area (Å²) in [5.74, 6) is -0.943. The molecule has 2 N–H and O–H groups in total. The van der Waals surface area contributed by atoms with Gasteiger partial charge in [0.1, 0.15) is 5.60 Å². The van der Waals surface area contributed by atoms with Crippen LogP contribution in [0.1, 0.15) is 23.3 Å². The maximum Gasteiger partial charge on any atom is 0.306 e. The van der Waals surface area contributed by atoms with Crippen LogP contribution >= 0.6 is 11.3 Å². The first-order chi connectivity index (χ1) is 6.12. The fourth-order valence-corrected chi connectivity index (χ4v) is 2.81. The molecular weight excluding hydrogens is 188 g/mol. The van der Waals surface area contributed by atoms with E-state index in [2.05, 4.69) is 0 Å². The van der Waals surface area contributed by atoms with Gasteiger partial charge in [0, 0.05) is 4.88 Å². The van der Waals surface area contributed by atoms with Crippen LogP contribution in [0, 0.1) is 0 Å². The van der Waals surface area contributed by atoms with Gasteiger partial charge in [0.15, 0.2) is 0 Å². The lowest BCUT2D eigenvalue weighted by atomic mass is 9.94. The summed E-state index contributed by atoms with van der Waals surface area (Å²) in [6, 6.07) is 1.83. The number of aliphatic carboxylic acids is 1. The standard InChI is InChI=1S/C9H10O3S/c10-8(11)5-9(12)3-1-7-6(9)2-4-13-7/h2,4,12H,1,3,5H2,(H,10,11). The molecule has 0 saturated heterocycles. The second kappa shape index (κ2) is 2.82. The topological polar surface area (TPSA) is 57.5 Å². The molecule has 1 unspecified atom stereocenters. The van der Waals surface area contributed by atoms with Gasteiger partial charge in [-0.2, -0.15) is 0 Å². The zero-order chi connectivity index (χ0) is 9.47. The average molecular weight is 198 g/mol. The van der Waals surface area contributed by atoms with Crippen LogP contribution in [0.5, 0.6) is 0 Å². The molecule has 0 aromatic carbocycles. The largest absolute Gasteiger partial charge is 0.481 e. The number of carbonyl (C=O) groups is 1. The molecule has 0 amide bonds. The Kier molecular flexibility index (Phi) is 1.89. The first kappa shape index (κ1) is 8.72. The highest BCUT2D eigenvalue weighted by Crippen LogP contribution is 2.41. The fraction of sp³-hybridized carbons (Fsp3) is 0.444. The zero-order valence-corrected chi connectivity index (χ0v) is 7.80. The second-order valence-electron chi connectivity index (χ2n) is 3.36. The van der Waals surface area contributed by atoms with Crippen molar-refractivity contribution in [2.45, 2.75) is 24.9 Å². The number of carboxylic acid groups (broad SMARTS) is 1. The number of carboxylic acids is 1. The zero-order valence-electron chi connectivity index (χ0n) is 6.99. The van der Waals surface area contributed by atoms with Crippen molar-refractivity contribution in [1.29, 1.82) is 0 Å². The van der Waals surface area contributed by atoms with Crippen molar-refractivity contribution in [3.8, 4) is 0 Å². The lowest BCUT2D eigenvalue weighted by molar-refractivity contribution is -0.142. The molecule has 1 aliphatic rings. The van der Waals surface area contributed by atoms with E-state index in [1.807, 2.05) is 11.4 Å². The predicted octanol–water partition coefficient (Wildman–Crippen LogP) is 1.36. The predicted molar refractivity (Wildman–Crippen MR) is 48.8 cm³/mol. The van der Waals surface area contributed by atoms with Crippen LogP contribution in [0.3, 0.4) is 0 Å². The normalized spacial score (nSPS) is 25.9. The Balaban J connectivity index is 2.32. The van der Waals surface area contributed by atoms with Gasteiger partial charge in [-0.1, -0.05) is 0 Å². The van der Waals surface area contributed by atoms with Crippen molar-refractivity contribution in [3.05, 3.63) is 21.9 Å². The molecule has 1 aromatic rings. The molecule has 0 radical (unpaired) electrons. The number of hydrogen-bond acceptors (Lipinski definition) is 3. The highest BCUT2D eigenvalue weighted by atomic mass is 32.1. The quantitative estimate of drug-likeness (QED) is 0.754. The van der Waals surface area contributed by atoms with E-state index in [9.17, 15) is 9.90 Å². The Morgan fingerprint density at radius 1 is 1.69 bits per heavy atom. The number of aryl methyl sites for hydroxylation is 1. The molecule has 1 atom stereocenters. The molecule has 0 aliphatic heterocycles. The maximum absolute atomic E-state index is 10.5. The monoisotopic (exact) mass is 198 g/mol. The van der Waals surface area contributed by atoms with E-state index in [4.69, 9.17) is 5.11 Å². The summed E-state index contributed by atoms with van der Waals surface area (Å²) in [5.41, 5.74) is -0.291. The Bertz CT molecular complexity index is 344. The Morgan fingerprint density at radius 2 is 2.46 bits per heavy atom. The van der Waals surface area contributed by atoms with E-state index in [0.29, 0.717) is 6.42 Å². The smallest absolute Gasteiger partial charge is 0.306 e. The number of thiophene rings is 1. The Morgan fingerprint density at radius 3 is 3.15 bits per heavy atom. The number of rotatable bonds is 2. The summed E-state index contributed by atoms with van der Waals surface area (Å²) in [6.07, 6.45) is 1.16. The number of hydrogen-bond donors (Lipinski definition) is 2. The van der Waals surface area contributed by atoms with Gasteiger partial charge in [0.2, 0.25) is 0 Å². The third-order valence-corrected chi connectivity index (χ3v) is 3.44. The van der Waals surface area contributed by atoms with Crippen LogP contribution in [0.15, 0.2) is 11.4 Å². The van der Waals surface area contributed by atoms with E-state index < -0.39 is 11.6 Å². The third kappa shape index (κ3) is 1.36. The van der Waals surface area contributed by atoms with Gasteiger partial charge in [-0.15, -0.1) is 11.3 Å². The molecule has 70 valence electrons. The van der Waals surface area contributed by atoms with Gasteiger partial charge >= 0.3 is 5.97 Å². The lowest BCUT2D eigenvalue weighted by Gasteiger charge is -2.20. The molecule has 1 heterocycles. The van der Waals surface area contributed by atoms with Gasteiger partial charge in [0.05, 0.1) is 6.42 Å². The van der Waals surface area contributed by atoms with E-state index in [1.165, 1.54) is 0 Å². The van der Waals surface area contributed by atoms with E-state index in [1.54, 1.807) is 11.3 Å². The number of fused-ring (bicyclic) bond motifs is 1. The van der Waals surface area contributed by atoms with E-state index in [-0.39, 0.29) is 6.42 Å². The van der Waals surface area contributed by atoms with E-state index >= 15 is 0 Å². The minimum absolute atomic E-state index is 0.184. The van der Waals surface area contributed by atoms with Gasteiger partial charge < -0.3 is 10.2 Å². The van der Waals surface area contributed by atoms with Crippen LogP contribution < -0.4 is 0 Å². The molecule has 13 heavy (non-hydrogen) atoms. The summed E-state index contributed by atoms with van der Waals surface area (Å²) in [4.78, 5) is 11.7. The van der Waals surface area contributed by atoms with Crippen LogP contribution in [-0.2, 0) is 16.8 Å². The minimum atomic E-state index is -1.11. The average Bonchev–Trinajstić information content (AvgIpc) is 2.54. The molecule has 0 bridgehead atoms. The minimum Gasteiger partial charge on any atom is -0.481 e. The molecule has 2 rings (SSSR count). The first-order valence-corrected chi connectivity index (χ1v) is 5.01. The molecule has 1 aromatic heterocycles. The van der Waals surface area contributed by atoms with Gasteiger partial charge in [-0.25, -0.2) is 0 Å². The van der Waals surface area contributed by atoms with Crippen LogP contribution in [0.4, 0.5) is 0 Å². The second-order valence-corrected chi connectivity index (χ2v) is 4.36. The molecule has 0 saturated carbocycles. The summed E-state index contributed by atoms with van der Waals surface area (Å²) in [6.45, 7) is 0. The summed E-state index contributed by atoms with van der Waals surface area (Å²) in [7, 11) is 0. The molecular formula is C9H10O3S. The Labute approximate surface area is 79.6 Å². The van der Waals surface area contributed by atoms with Gasteiger partial charge in [-0.3, -0.25) is 4.79 Å². The fourth-order valence-electron chi connectivity index (χ4n) is 1.84. The molecule has 4 heteroatoms. The van der Waals surface area contributed by atoms with Crippen molar-refractivity contribution in [2.24, 2.45) is 0 Å². The summed E-state index contributed by atoms with van der Waals surface area (Å²) in [5, 5.41) is 20.6.